The lowest BCUT2D eigenvalue weighted by Crippen LogP contribution is -2.10. The number of aryl methyl sites for hydroxylation is 1. The molecule has 0 bridgehead atoms. The van der Waals surface area contributed by atoms with Crippen molar-refractivity contribution in [1.82, 2.24) is 0 Å². The molecule has 0 fully saturated rings. The fourth-order valence-corrected chi connectivity index (χ4v) is 3.08. The molecule has 3 heteroatoms. The van der Waals surface area contributed by atoms with Crippen molar-refractivity contribution in [2.24, 2.45) is 0 Å². The summed E-state index contributed by atoms with van der Waals surface area (Å²) in [6, 6.07) is 25.9. The Morgan fingerprint density at radius 1 is 0.880 bits per heavy atom. The number of benzene rings is 3. The highest BCUT2D eigenvalue weighted by atomic mass is 16.2. The molecule has 0 saturated heterocycles. The molecule has 3 aromatic carbocycles. The van der Waals surface area contributed by atoms with Crippen LogP contribution in [0.1, 0.15) is 16.7 Å². The summed E-state index contributed by atoms with van der Waals surface area (Å²) in [4.78, 5) is 12.7. The Kier molecular flexibility index (Phi) is 3.82. The molecule has 1 aliphatic heterocycles. The third kappa shape index (κ3) is 2.92. The van der Waals surface area contributed by atoms with Crippen molar-refractivity contribution < 1.29 is 4.79 Å². The molecule has 0 aromatic heterocycles. The molecule has 3 aromatic rings. The Balaban J connectivity index is 1.93. The molecule has 2 N–H and O–H groups in total. The third-order valence-corrected chi connectivity index (χ3v) is 4.28. The summed E-state index contributed by atoms with van der Waals surface area (Å²) in [6.07, 6.45) is 0. The van der Waals surface area contributed by atoms with Crippen LogP contribution in [0.15, 0.2) is 78.9 Å². The summed E-state index contributed by atoms with van der Waals surface area (Å²) < 4.78 is 0. The molecule has 1 amide bonds. The van der Waals surface area contributed by atoms with E-state index in [0.717, 1.165) is 33.8 Å². The van der Waals surface area contributed by atoms with E-state index in [-0.39, 0.29) is 5.91 Å². The third-order valence-electron chi connectivity index (χ3n) is 4.28. The average Bonchev–Trinajstić information content (AvgIpc) is 2.96. The molecular weight excluding hydrogens is 308 g/mol. The van der Waals surface area contributed by atoms with E-state index in [4.69, 9.17) is 0 Å². The monoisotopic (exact) mass is 326 g/mol. The van der Waals surface area contributed by atoms with Crippen molar-refractivity contribution in [2.75, 3.05) is 10.6 Å². The minimum absolute atomic E-state index is 0.0807. The number of nitrogens with one attached hydrogen (secondary N) is 2. The van der Waals surface area contributed by atoms with Gasteiger partial charge in [-0.2, -0.15) is 0 Å². The first kappa shape index (κ1) is 15.2. The van der Waals surface area contributed by atoms with Gasteiger partial charge in [-0.3, -0.25) is 4.79 Å². The fourth-order valence-electron chi connectivity index (χ4n) is 3.08. The normalized spacial score (nSPS) is 14.7. The minimum Gasteiger partial charge on any atom is -0.354 e. The van der Waals surface area contributed by atoms with Crippen LogP contribution >= 0.6 is 0 Å². The van der Waals surface area contributed by atoms with Gasteiger partial charge in [0.2, 0.25) is 0 Å². The predicted octanol–water partition coefficient (Wildman–Crippen LogP) is 4.93. The molecule has 1 heterocycles. The molecule has 0 spiro atoms. The minimum atomic E-state index is -0.0807. The van der Waals surface area contributed by atoms with Crippen molar-refractivity contribution in [1.29, 1.82) is 0 Å². The lowest BCUT2D eigenvalue weighted by atomic mass is 9.99. The lowest BCUT2D eigenvalue weighted by Gasteiger charge is -2.14. The first-order valence-corrected chi connectivity index (χ1v) is 8.26. The summed E-state index contributed by atoms with van der Waals surface area (Å²) in [7, 11) is 0. The summed E-state index contributed by atoms with van der Waals surface area (Å²) in [5.41, 5.74) is 6.33. The van der Waals surface area contributed by atoms with Crippen LogP contribution in [0, 0.1) is 6.92 Å². The van der Waals surface area contributed by atoms with Gasteiger partial charge < -0.3 is 10.6 Å². The largest absolute Gasteiger partial charge is 0.354 e. The van der Waals surface area contributed by atoms with Gasteiger partial charge in [-0.25, -0.2) is 0 Å². The number of carbonyl (C=O) groups excluding carboxylic acids is 1. The van der Waals surface area contributed by atoms with Gasteiger partial charge in [-0.15, -0.1) is 0 Å². The molecule has 122 valence electrons. The standard InChI is InChI=1S/C22H18N2O/c1-15-12-13-19-18(14-15)20(22(25)24-19)21(16-8-4-2-5-9-16)23-17-10-6-3-7-11-17/h2-14,23H,1H3,(H,24,25)/b21-20-. The molecule has 1 aliphatic rings. The number of fused-ring (bicyclic) bond motifs is 1. The van der Waals surface area contributed by atoms with Gasteiger partial charge in [0.1, 0.15) is 0 Å². The van der Waals surface area contributed by atoms with Gasteiger partial charge in [0.05, 0.1) is 11.3 Å². The van der Waals surface area contributed by atoms with Gasteiger partial charge in [-0.1, -0.05) is 60.2 Å². The van der Waals surface area contributed by atoms with E-state index in [2.05, 4.69) is 16.7 Å². The Labute approximate surface area is 147 Å². The zero-order chi connectivity index (χ0) is 17.2. The second-order valence-corrected chi connectivity index (χ2v) is 6.11. The summed E-state index contributed by atoms with van der Waals surface area (Å²) >= 11 is 0. The van der Waals surface area contributed by atoms with Crippen LogP contribution in [-0.2, 0) is 4.79 Å². The second-order valence-electron chi connectivity index (χ2n) is 6.11. The van der Waals surface area contributed by atoms with E-state index in [1.54, 1.807) is 0 Å². The molecule has 3 nitrogen and oxygen atoms in total. The van der Waals surface area contributed by atoms with Crippen LogP contribution in [-0.4, -0.2) is 5.91 Å². The zero-order valence-electron chi connectivity index (χ0n) is 13.9. The van der Waals surface area contributed by atoms with Crippen molar-refractivity contribution in [3.05, 3.63) is 95.6 Å². The van der Waals surface area contributed by atoms with E-state index in [0.29, 0.717) is 5.57 Å². The van der Waals surface area contributed by atoms with Crippen LogP contribution in [0.4, 0.5) is 11.4 Å². The zero-order valence-corrected chi connectivity index (χ0v) is 13.9. The maximum Gasteiger partial charge on any atom is 0.258 e. The number of hydrogen-bond acceptors (Lipinski definition) is 2. The number of anilines is 2. The molecule has 25 heavy (non-hydrogen) atoms. The van der Waals surface area contributed by atoms with Gasteiger partial charge in [-0.05, 0) is 36.8 Å². The molecule has 0 atom stereocenters. The van der Waals surface area contributed by atoms with Crippen LogP contribution in [0.2, 0.25) is 0 Å². The average molecular weight is 326 g/mol. The summed E-state index contributed by atoms with van der Waals surface area (Å²) in [5, 5.41) is 6.42. The fraction of sp³-hybridized carbons (Fsp3) is 0.0455. The molecule has 0 aliphatic carbocycles. The Morgan fingerprint density at radius 3 is 2.28 bits per heavy atom. The van der Waals surface area contributed by atoms with Crippen molar-refractivity contribution >= 4 is 28.6 Å². The van der Waals surface area contributed by atoms with Crippen LogP contribution in [0.5, 0.6) is 0 Å². The number of carbonyl (C=O) groups is 1. The topological polar surface area (TPSA) is 41.1 Å². The van der Waals surface area contributed by atoms with E-state index < -0.39 is 0 Å². The van der Waals surface area contributed by atoms with Crippen LogP contribution in [0.25, 0.3) is 11.3 Å². The summed E-state index contributed by atoms with van der Waals surface area (Å²) in [5.74, 6) is -0.0807. The van der Waals surface area contributed by atoms with E-state index in [1.165, 1.54) is 0 Å². The molecule has 0 unspecified atom stereocenters. The Hall–Kier alpha value is -3.33. The van der Waals surface area contributed by atoms with Crippen LogP contribution < -0.4 is 10.6 Å². The maximum absolute atomic E-state index is 12.7. The number of hydrogen-bond donors (Lipinski definition) is 2. The number of amides is 1. The van der Waals surface area contributed by atoms with Crippen molar-refractivity contribution in [2.45, 2.75) is 6.92 Å². The predicted molar refractivity (Wildman–Crippen MR) is 103 cm³/mol. The molecule has 0 radical (unpaired) electrons. The molecule has 0 saturated carbocycles. The highest BCUT2D eigenvalue weighted by Gasteiger charge is 2.28. The van der Waals surface area contributed by atoms with Crippen molar-refractivity contribution in [3.8, 4) is 0 Å². The molecule has 4 rings (SSSR count). The van der Waals surface area contributed by atoms with Gasteiger partial charge in [0.15, 0.2) is 0 Å². The molecular formula is C22H18N2O. The SMILES string of the molecule is Cc1ccc2c(c1)/C(=C(/Nc1ccccc1)c1ccccc1)C(=O)N2. The first-order chi connectivity index (χ1) is 12.2. The quantitative estimate of drug-likeness (QED) is 0.670. The van der Waals surface area contributed by atoms with Gasteiger partial charge >= 0.3 is 0 Å². The van der Waals surface area contributed by atoms with Gasteiger partial charge in [0, 0.05) is 16.9 Å². The first-order valence-electron chi connectivity index (χ1n) is 8.26. The van der Waals surface area contributed by atoms with Crippen molar-refractivity contribution in [3.63, 3.8) is 0 Å². The van der Waals surface area contributed by atoms with Crippen LogP contribution in [0.3, 0.4) is 0 Å². The number of rotatable bonds is 3. The van der Waals surface area contributed by atoms with E-state index in [1.807, 2.05) is 79.7 Å². The smallest absolute Gasteiger partial charge is 0.258 e. The highest BCUT2D eigenvalue weighted by molar-refractivity contribution is 6.37. The van der Waals surface area contributed by atoms with E-state index >= 15 is 0 Å². The Morgan fingerprint density at radius 2 is 1.56 bits per heavy atom. The summed E-state index contributed by atoms with van der Waals surface area (Å²) in [6.45, 7) is 2.04. The second kappa shape index (κ2) is 6.29. The lowest BCUT2D eigenvalue weighted by molar-refractivity contribution is -0.110. The maximum atomic E-state index is 12.7. The Bertz CT molecular complexity index is 960. The highest BCUT2D eigenvalue weighted by Crippen LogP contribution is 2.37. The van der Waals surface area contributed by atoms with E-state index in [9.17, 15) is 4.79 Å². The van der Waals surface area contributed by atoms with Gasteiger partial charge in [0.25, 0.3) is 5.91 Å². The number of para-hydroxylation sites is 1.